The zero-order valence-electron chi connectivity index (χ0n) is 13.5. The molecule has 0 bridgehead atoms. The molecule has 0 aromatic heterocycles. The molecule has 0 saturated carbocycles. The summed E-state index contributed by atoms with van der Waals surface area (Å²) < 4.78 is 0. The molecule has 1 aliphatic heterocycles. The van der Waals surface area contributed by atoms with Gasteiger partial charge < -0.3 is 4.90 Å². The van der Waals surface area contributed by atoms with Gasteiger partial charge in [0.05, 0.1) is 0 Å². The van der Waals surface area contributed by atoms with Crippen molar-refractivity contribution >= 4 is 17.5 Å². The lowest BCUT2D eigenvalue weighted by Crippen LogP contribution is -2.41. The van der Waals surface area contributed by atoms with Crippen molar-refractivity contribution in [3.05, 3.63) is 49.1 Å². The van der Waals surface area contributed by atoms with Crippen molar-refractivity contribution in [2.24, 2.45) is 0 Å². The molecular formula is C18H27ClN2O. The van der Waals surface area contributed by atoms with Crippen LogP contribution in [0.2, 0.25) is 0 Å². The summed E-state index contributed by atoms with van der Waals surface area (Å²) >= 11 is 5.59. The molecular weight excluding hydrogens is 296 g/mol. The predicted molar refractivity (Wildman–Crippen MR) is 95.2 cm³/mol. The Bertz CT molecular complexity index is 442. The fourth-order valence-corrected chi connectivity index (χ4v) is 2.93. The fourth-order valence-electron chi connectivity index (χ4n) is 2.81. The lowest BCUT2D eigenvalue weighted by atomic mass is 10.2. The van der Waals surface area contributed by atoms with Crippen LogP contribution in [0.15, 0.2) is 49.1 Å². The Morgan fingerprint density at radius 2 is 2.18 bits per heavy atom. The fraction of sp³-hybridized carbons (Fsp3) is 0.500. The molecule has 22 heavy (non-hydrogen) atoms. The van der Waals surface area contributed by atoms with Crippen LogP contribution in [0, 0.1) is 0 Å². The molecule has 0 N–H and O–H groups in total. The number of likely N-dealkylation sites (tertiary alicyclic amines) is 1. The predicted octanol–water partition coefficient (Wildman–Crippen LogP) is 3.39. The third-order valence-corrected chi connectivity index (χ3v) is 4.08. The number of allylic oxidation sites excluding steroid dienone is 3. The molecule has 1 fully saturated rings. The number of halogens is 1. The van der Waals surface area contributed by atoms with Crippen molar-refractivity contribution in [2.75, 3.05) is 32.1 Å². The molecule has 1 unspecified atom stereocenters. The van der Waals surface area contributed by atoms with Crippen LogP contribution in [0.4, 0.5) is 0 Å². The van der Waals surface area contributed by atoms with E-state index in [4.69, 9.17) is 11.6 Å². The summed E-state index contributed by atoms with van der Waals surface area (Å²) in [6.45, 7) is 13.1. The van der Waals surface area contributed by atoms with E-state index in [9.17, 15) is 4.79 Å². The van der Waals surface area contributed by atoms with Gasteiger partial charge in [0.25, 0.3) is 0 Å². The number of alkyl halides is 1. The van der Waals surface area contributed by atoms with E-state index in [0.29, 0.717) is 18.3 Å². The number of carbonyl (C=O) groups is 1. The van der Waals surface area contributed by atoms with Crippen molar-refractivity contribution < 1.29 is 4.79 Å². The van der Waals surface area contributed by atoms with Crippen LogP contribution >= 0.6 is 11.6 Å². The van der Waals surface area contributed by atoms with Crippen LogP contribution in [0.25, 0.3) is 0 Å². The van der Waals surface area contributed by atoms with E-state index >= 15 is 0 Å². The summed E-state index contributed by atoms with van der Waals surface area (Å²) in [5.41, 5.74) is 1.16. The summed E-state index contributed by atoms with van der Waals surface area (Å²) in [5.74, 6) is 0.637. The second-order valence-electron chi connectivity index (χ2n) is 5.37. The third kappa shape index (κ3) is 5.82. The van der Waals surface area contributed by atoms with Crippen molar-refractivity contribution in [3.8, 4) is 0 Å². The highest BCUT2D eigenvalue weighted by molar-refractivity contribution is 6.18. The molecule has 0 spiro atoms. The standard InChI is InChI=1S/C18H27ClN2O/c1-4-9-16(5-2)14-20-13-11-17(15-20)21(6-3)18(22)10-7-8-12-19/h4-5,7-9,17H,1-2,6,10-15H2,3H3/b8-7+,16-9+. The second kappa shape index (κ2) is 10.4. The van der Waals surface area contributed by atoms with Gasteiger partial charge in [-0.25, -0.2) is 0 Å². The van der Waals surface area contributed by atoms with Gasteiger partial charge in [-0.3, -0.25) is 9.69 Å². The first-order valence-corrected chi connectivity index (χ1v) is 8.36. The number of hydrogen-bond donors (Lipinski definition) is 0. The molecule has 1 atom stereocenters. The van der Waals surface area contributed by atoms with E-state index in [1.54, 1.807) is 6.08 Å². The molecule has 0 aromatic rings. The quantitative estimate of drug-likeness (QED) is 0.369. The smallest absolute Gasteiger partial charge is 0.226 e. The van der Waals surface area contributed by atoms with E-state index in [2.05, 4.69) is 18.1 Å². The van der Waals surface area contributed by atoms with E-state index in [0.717, 1.165) is 38.2 Å². The number of amides is 1. The first-order chi connectivity index (χ1) is 10.7. The summed E-state index contributed by atoms with van der Waals surface area (Å²) in [7, 11) is 0. The number of rotatable bonds is 9. The summed E-state index contributed by atoms with van der Waals surface area (Å²) in [6, 6.07) is 0.302. The minimum absolute atomic E-state index is 0.182. The van der Waals surface area contributed by atoms with Gasteiger partial charge in [-0.15, -0.1) is 11.6 Å². The lowest BCUT2D eigenvalue weighted by molar-refractivity contribution is -0.132. The maximum absolute atomic E-state index is 12.3. The topological polar surface area (TPSA) is 23.6 Å². The third-order valence-electron chi connectivity index (χ3n) is 3.90. The first-order valence-electron chi connectivity index (χ1n) is 7.83. The summed E-state index contributed by atoms with van der Waals surface area (Å²) in [6.07, 6.45) is 10.8. The normalized spacial score (nSPS) is 19.5. The minimum atomic E-state index is 0.182. The monoisotopic (exact) mass is 322 g/mol. The average molecular weight is 323 g/mol. The zero-order valence-corrected chi connectivity index (χ0v) is 14.3. The van der Waals surface area contributed by atoms with Gasteiger partial charge in [-0.1, -0.05) is 43.5 Å². The molecule has 1 amide bonds. The highest BCUT2D eigenvalue weighted by Crippen LogP contribution is 2.18. The Kier molecular flexibility index (Phi) is 8.86. The van der Waals surface area contributed by atoms with E-state index in [-0.39, 0.29) is 5.91 Å². The molecule has 0 aliphatic carbocycles. The Morgan fingerprint density at radius 3 is 2.77 bits per heavy atom. The highest BCUT2D eigenvalue weighted by Gasteiger charge is 2.29. The Labute approximate surface area is 139 Å². The summed E-state index contributed by atoms with van der Waals surface area (Å²) in [4.78, 5) is 16.7. The molecule has 1 aliphatic rings. The van der Waals surface area contributed by atoms with Crippen LogP contribution in [0.1, 0.15) is 19.8 Å². The van der Waals surface area contributed by atoms with Crippen molar-refractivity contribution in [2.45, 2.75) is 25.8 Å². The first kappa shape index (κ1) is 18.7. The Morgan fingerprint density at radius 1 is 1.41 bits per heavy atom. The number of likely N-dealkylation sites (N-methyl/N-ethyl adjacent to an activating group) is 1. The molecule has 122 valence electrons. The maximum atomic E-state index is 12.3. The van der Waals surface area contributed by atoms with E-state index in [1.165, 1.54) is 0 Å². The molecule has 1 heterocycles. The lowest BCUT2D eigenvalue weighted by Gasteiger charge is -2.28. The van der Waals surface area contributed by atoms with Crippen LogP contribution in [-0.4, -0.2) is 53.8 Å². The SMILES string of the molecule is C=C/C=C(\C=C)CN1CCC(N(CC)C(=O)C/C=C/CCl)C1. The van der Waals surface area contributed by atoms with Gasteiger partial charge in [0.2, 0.25) is 5.91 Å². The van der Waals surface area contributed by atoms with E-state index in [1.807, 2.05) is 36.1 Å². The summed E-state index contributed by atoms with van der Waals surface area (Å²) in [5, 5.41) is 0. The second-order valence-corrected chi connectivity index (χ2v) is 5.68. The van der Waals surface area contributed by atoms with Crippen molar-refractivity contribution in [1.82, 2.24) is 9.80 Å². The molecule has 4 heteroatoms. The van der Waals surface area contributed by atoms with Crippen LogP contribution in [0.5, 0.6) is 0 Å². The number of nitrogens with zero attached hydrogens (tertiary/aromatic N) is 2. The van der Waals surface area contributed by atoms with Gasteiger partial charge in [-0.2, -0.15) is 0 Å². The minimum Gasteiger partial charge on any atom is -0.338 e. The number of hydrogen-bond acceptors (Lipinski definition) is 2. The highest BCUT2D eigenvalue weighted by atomic mass is 35.5. The molecule has 0 aromatic carbocycles. The van der Waals surface area contributed by atoms with Crippen molar-refractivity contribution in [3.63, 3.8) is 0 Å². The number of carbonyl (C=O) groups excluding carboxylic acids is 1. The van der Waals surface area contributed by atoms with E-state index < -0.39 is 0 Å². The largest absolute Gasteiger partial charge is 0.338 e. The maximum Gasteiger partial charge on any atom is 0.226 e. The van der Waals surface area contributed by atoms with Crippen molar-refractivity contribution in [1.29, 1.82) is 0 Å². The average Bonchev–Trinajstić information content (AvgIpc) is 2.96. The molecule has 1 rings (SSSR count). The van der Waals surface area contributed by atoms with Gasteiger partial charge in [0.15, 0.2) is 0 Å². The Hall–Kier alpha value is -1.32. The molecule has 1 saturated heterocycles. The van der Waals surface area contributed by atoms with Crippen LogP contribution in [0.3, 0.4) is 0 Å². The Balaban J connectivity index is 2.57. The molecule has 0 radical (unpaired) electrons. The van der Waals surface area contributed by atoms with Gasteiger partial charge in [0.1, 0.15) is 0 Å². The molecule has 3 nitrogen and oxygen atoms in total. The zero-order chi connectivity index (χ0) is 16.4. The van der Waals surface area contributed by atoms with Gasteiger partial charge in [-0.05, 0) is 18.9 Å². The van der Waals surface area contributed by atoms with Gasteiger partial charge >= 0.3 is 0 Å². The van der Waals surface area contributed by atoms with Crippen LogP contribution < -0.4 is 0 Å². The van der Waals surface area contributed by atoms with Crippen LogP contribution in [-0.2, 0) is 4.79 Å². The van der Waals surface area contributed by atoms with Gasteiger partial charge in [0, 0.05) is 44.5 Å².